The maximum absolute atomic E-state index is 5.48. The lowest BCUT2D eigenvalue weighted by Crippen LogP contribution is -2.21. The highest BCUT2D eigenvalue weighted by Gasteiger charge is 2.37. The van der Waals surface area contributed by atoms with Gasteiger partial charge in [0.15, 0.2) is 10.4 Å². The fourth-order valence-electron chi connectivity index (χ4n) is 3.15. The number of hydrogen-bond donors (Lipinski definition) is 1. The van der Waals surface area contributed by atoms with Crippen LogP contribution in [0.25, 0.3) is 11.2 Å². The summed E-state index contributed by atoms with van der Waals surface area (Å²) in [6.45, 7) is 4.59. The Bertz CT molecular complexity index is 673. The van der Waals surface area contributed by atoms with Gasteiger partial charge in [-0.2, -0.15) is 4.98 Å². The van der Waals surface area contributed by atoms with Gasteiger partial charge in [0.1, 0.15) is 11.8 Å². The second-order valence-electron chi connectivity index (χ2n) is 5.78. The van der Waals surface area contributed by atoms with Crippen molar-refractivity contribution >= 4 is 23.4 Å². The third-order valence-electron chi connectivity index (χ3n) is 4.18. The molecular weight excluding hydrogens is 260 g/mol. The minimum atomic E-state index is 0.242. The number of nitrogens with zero attached hydrogens (tertiary/aromatic N) is 3. The third-order valence-corrected chi connectivity index (χ3v) is 4.48. The first-order valence-corrected chi connectivity index (χ1v) is 6.94. The van der Waals surface area contributed by atoms with Crippen LogP contribution in [0.4, 0.5) is 0 Å². The first-order valence-electron chi connectivity index (χ1n) is 6.54. The molecular formula is C13H18N4OS. The SMILES string of the molecule is COc1ncnc2c1[nH]c(=S)n2C1CCCC1(C)C. The summed E-state index contributed by atoms with van der Waals surface area (Å²) in [6.07, 6.45) is 5.12. The second kappa shape index (κ2) is 4.30. The molecule has 2 aromatic heterocycles. The zero-order valence-electron chi connectivity index (χ0n) is 11.4. The predicted molar refractivity (Wildman–Crippen MR) is 75.9 cm³/mol. The zero-order valence-corrected chi connectivity index (χ0v) is 12.3. The highest BCUT2D eigenvalue weighted by molar-refractivity contribution is 7.71. The standard InChI is InChI=1S/C13H18N4OS/c1-13(2)6-4-5-8(13)17-10-9(16-12(17)19)11(18-3)15-7-14-10/h7-8H,4-6H2,1-3H3,(H,16,19). The van der Waals surface area contributed by atoms with E-state index in [9.17, 15) is 0 Å². The number of ether oxygens (including phenoxy) is 1. The molecule has 2 aromatic rings. The molecule has 1 aliphatic rings. The molecule has 2 heterocycles. The largest absolute Gasteiger partial charge is 0.479 e. The van der Waals surface area contributed by atoms with Crippen molar-refractivity contribution in [1.29, 1.82) is 0 Å². The van der Waals surface area contributed by atoms with Gasteiger partial charge in [0.25, 0.3) is 0 Å². The van der Waals surface area contributed by atoms with Gasteiger partial charge in [0, 0.05) is 6.04 Å². The van der Waals surface area contributed by atoms with Crippen LogP contribution in [0, 0.1) is 10.2 Å². The van der Waals surface area contributed by atoms with Crippen molar-refractivity contribution in [2.45, 2.75) is 39.2 Å². The number of aromatic nitrogens is 4. The molecule has 0 radical (unpaired) electrons. The molecule has 0 amide bonds. The number of methoxy groups -OCH3 is 1. The summed E-state index contributed by atoms with van der Waals surface area (Å²) in [6, 6.07) is 0.383. The molecule has 0 aliphatic heterocycles. The van der Waals surface area contributed by atoms with E-state index in [-0.39, 0.29) is 5.41 Å². The Hall–Kier alpha value is -1.43. The van der Waals surface area contributed by atoms with E-state index in [4.69, 9.17) is 17.0 Å². The molecule has 19 heavy (non-hydrogen) atoms. The number of hydrogen-bond acceptors (Lipinski definition) is 4. The molecule has 5 nitrogen and oxygen atoms in total. The number of imidazole rings is 1. The Morgan fingerprint density at radius 3 is 2.89 bits per heavy atom. The molecule has 1 aliphatic carbocycles. The van der Waals surface area contributed by atoms with Crippen molar-refractivity contribution in [3.05, 3.63) is 11.1 Å². The summed E-state index contributed by atoms with van der Waals surface area (Å²) in [4.78, 5) is 11.7. The Balaban J connectivity index is 2.25. The zero-order chi connectivity index (χ0) is 13.6. The van der Waals surface area contributed by atoms with Gasteiger partial charge in [-0.3, -0.25) is 4.57 Å². The lowest BCUT2D eigenvalue weighted by atomic mass is 9.87. The van der Waals surface area contributed by atoms with Crippen molar-refractivity contribution in [3.63, 3.8) is 0 Å². The highest BCUT2D eigenvalue weighted by Crippen LogP contribution is 2.47. The maximum atomic E-state index is 5.48. The summed E-state index contributed by atoms with van der Waals surface area (Å²) in [5.41, 5.74) is 1.88. The van der Waals surface area contributed by atoms with E-state index in [1.54, 1.807) is 7.11 Å². The Labute approximate surface area is 117 Å². The fourth-order valence-corrected chi connectivity index (χ4v) is 3.46. The van der Waals surface area contributed by atoms with Crippen LogP contribution < -0.4 is 4.74 Å². The Morgan fingerprint density at radius 2 is 2.26 bits per heavy atom. The van der Waals surface area contributed by atoms with E-state index in [1.807, 2.05) is 0 Å². The van der Waals surface area contributed by atoms with E-state index in [1.165, 1.54) is 19.2 Å². The van der Waals surface area contributed by atoms with E-state index < -0.39 is 0 Å². The fraction of sp³-hybridized carbons (Fsp3) is 0.615. The molecule has 6 heteroatoms. The summed E-state index contributed by atoms with van der Waals surface area (Å²) in [5.74, 6) is 0.547. The van der Waals surface area contributed by atoms with Crippen molar-refractivity contribution in [2.75, 3.05) is 7.11 Å². The van der Waals surface area contributed by atoms with Crippen LogP contribution in [0.3, 0.4) is 0 Å². The normalized spacial score (nSPS) is 21.9. The first-order chi connectivity index (χ1) is 9.04. The van der Waals surface area contributed by atoms with Crippen molar-refractivity contribution in [1.82, 2.24) is 19.5 Å². The van der Waals surface area contributed by atoms with E-state index >= 15 is 0 Å². The number of rotatable bonds is 2. The van der Waals surface area contributed by atoms with Gasteiger partial charge < -0.3 is 9.72 Å². The highest BCUT2D eigenvalue weighted by atomic mass is 32.1. The molecule has 1 fully saturated rings. The Morgan fingerprint density at radius 1 is 1.47 bits per heavy atom. The summed E-state index contributed by atoms with van der Waals surface area (Å²) < 4.78 is 8.11. The molecule has 102 valence electrons. The van der Waals surface area contributed by atoms with Crippen LogP contribution in [0.1, 0.15) is 39.2 Å². The predicted octanol–water partition coefficient (Wildman–Crippen LogP) is 3.25. The monoisotopic (exact) mass is 278 g/mol. The van der Waals surface area contributed by atoms with Gasteiger partial charge in [-0.15, -0.1) is 0 Å². The number of aromatic amines is 1. The summed E-state index contributed by atoms with van der Waals surface area (Å²) in [5, 5.41) is 0. The molecule has 0 bridgehead atoms. The lowest BCUT2D eigenvalue weighted by molar-refractivity contribution is 0.263. The van der Waals surface area contributed by atoms with Crippen LogP contribution in [0.15, 0.2) is 6.33 Å². The number of H-pyrrole nitrogens is 1. The van der Waals surface area contributed by atoms with Crippen LogP contribution in [-0.4, -0.2) is 26.6 Å². The molecule has 0 aromatic carbocycles. The van der Waals surface area contributed by atoms with E-state index in [0.29, 0.717) is 16.7 Å². The molecule has 1 unspecified atom stereocenters. The molecule has 1 N–H and O–H groups in total. The average molecular weight is 278 g/mol. The van der Waals surface area contributed by atoms with Gasteiger partial charge in [-0.25, -0.2) is 4.98 Å². The van der Waals surface area contributed by atoms with Crippen LogP contribution in [0.5, 0.6) is 5.88 Å². The molecule has 1 atom stereocenters. The summed E-state index contributed by atoms with van der Waals surface area (Å²) >= 11 is 5.48. The van der Waals surface area contributed by atoms with Crippen LogP contribution >= 0.6 is 12.2 Å². The number of nitrogens with one attached hydrogen (secondary N) is 1. The molecule has 0 spiro atoms. The van der Waals surface area contributed by atoms with Gasteiger partial charge in [-0.05, 0) is 30.5 Å². The number of fused-ring (bicyclic) bond motifs is 1. The van der Waals surface area contributed by atoms with Gasteiger partial charge in [0.2, 0.25) is 5.88 Å². The van der Waals surface area contributed by atoms with Crippen molar-refractivity contribution in [3.8, 4) is 5.88 Å². The maximum Gasteiger partial charge on any atom is 0.242 e. The second-order valence-corrected chi connectivity index (χ2v) is 6.17. The third kappa shape index (κ3) is 1.85. The van der Waals surface area contributed by atoms with Gasteiger partial charge in [-0.1, -0.05) is 20.3 Å². The minimum absolute atomic E-state index is 0.242. The van der Waals surface area contributed by atoms with Gasteiger partial charge in [0.05, 0.1) is 7.11 Å². The van der Waals surface area contributed by atoms with Crippen molar-refractivity contribution in [2.24, 2.45) is 5.41 Å². The lowest BCUT2D eigenvalue weighted by Gasteiger charge is -2.28. The van der Waals surface area contributed by atoms with Crippen LogP contribution in [-0.2, 0) is 0 Å². The van der Waals surface area contributed by atoms with E-state index in [2.05, 4.69) is 33.4 Å². The smallest absolute Gasteiger partial charge is 0.242 e. The minimum Gasteiger partial charge on any atom is -0.479 e. The van der Waals surface area contributed by atoms with Crippen LogP contribution in [0.2, 0.25) is 0 Å². The molecule has 1 saturated carbocycles. The molecule has 3 rings (SSSR count). The van der Waals surface area contributed by atoms with Crippen molar-refractivity contribution < 1.29 is 4.74 Å². The van der Waals surface area contributed by atoms with Gasteiger partial charge >= 0.3 is 0 Å². The quantitative estimate of drug-likeness (QED) is 0.857. The molecule has 0 saturated heterocycles. The summed E-state index contributed by atoms with van der Waals surface area (Å²) in [7, 11) is 1.61. The van der Waals surface area contributed by atoms with E-state index in [0.717, 1.165) is 17.6 Å². The first kappa shape index (κ1) is 12.6. The Kier molecular flexibility index (Phi) is 2.85. The average Bonchev–Trinajstić information content (AvgIpc) is 2.87. The topological polar surface area (TPSA) is 55.7 Å².